The predicted octanol–water partition coefficient (Wildman–Crippen LogP) is 7.17. The molecule has 2 heterocycles. The number of hydrogen-bond acceptors (Lipinski definition) is 5. The van der Waals surface area contributed by atoms with E-state index < -0.39 is 0 Å². The van der Waals surface area contributed by atoms with Gasteiger partial charge in [-0.1, -0.05) is 41.9 Å². The first-order valence-electron chi connectivity index (χ1n) is 11.9. The zero-order valence-corrected chi connectivity index (χ0v) is 20.6. The Morgan fingerprint density at radius 2 is 1.61 bits per heavy atom. The number of fused-ring (bicyclic) bond motifs is 3. The summed E-state index contributed by atoms with van der Waals surface area (Å²) in [5, 5.41) is 7.85. The van der Waals surface area contributed by atoms with Gasteiger partial charge in [-0.3, -0.25) is 0 Å². The number of halogens is 1. The second-order valence-electron chi connectivity index (χ2n) is 8.87. The van der Waals surface area contributed by atoms with Gasteiger partial charge in [0.25, 0.3) is 0 Å². The minimum Gasteiger partial charge on any atom is -0.497 e. The van der Waals surface area contributed by atoms with Crippen molar-refractivity contribution in [1.29, 1.82) is 0 Å². The summed E-state index contributed by atoms with van der Waals surface area (Å²) in [5.41, 5.74) is 5.37. The summed E-state index contributed by atoms with van der Waals surface area (Å²) in [5.74, 6) is 2.53. The lowest BCUT2D eigenvalue weighted by molar-refractivity contribution is -0.0190. The molecule has 0 saturated heterocycles. The maximum absolute atomic E-state index is 6.48. The van der Waals surface area contributed by atoms with Gasteiger partial charge in [0, 0.05) is 22.6 Å². The largest absolute Gasteiger partial charge is 0.497 e. The third-order valence-electron chi connectivity index (χ3n) is 6.61. The van der Waals surface area contributed by atoms with Crippen molar-refractivity contribution in [2.75, 3.05) is 7.11 Å². The molecular formula is C30H25ClN2O3. The fourth-order valence-electron chi connectivity index (χ4n) is 4.69. The quantitative estimate of drug-likeness (QED) is 0.284. The van der Waals surface area contributed by atoms with Crippen molar-refractivity contribution in [3.63, 3.8) is 0 Å². The number of methoxy groups -OCH3 is 1. The van der Waals surface area contributed by atoms with E-state index >= 15 is 0 Å². The minimum absolute atomic E-state index is 0.109. The van der Waals surface area contributed by atoms with Gasteiger partial charge < -0.3 is 14.2 Å². The van der Waals surface area contributed by atoms with Gasteiger partial charge in [-0.2, -0.15) is 5.10 Å². The van der Waals surface area contributed by atoms with Crippen molar-refractivity contribution in [1.82, 2.24) is 5.01 Å². The number of nitrogens with zero attached hydrogens (tertiary/aromatic N) is 2. The summed E-state index contributed by atoms with van der Waals surface area (Å²) in [6.45, 7) is 0.480. The van der Waals surface area contributed by atoms with Crippen LogP contribution in [-0.4, -0.2) is 17.8 Å². The topological polar surface area (TPSA) is 43.3 Å². The van der Waals surface area contributed by atoms with Gasteiger partial charge in [-0.15, -0.1) is 0 Å². The highest BCUT2D eigenvalue weighted by Crippen LogP contribution is 2.47. The molecule has 0 saturated carbocycles. The Hall–Kier alpha value is -3.96. The highest BCUT2D eigenvalue weighted by Gasteiger charge is 2.40. The molecule has 36 heavy (non-hydrogen) atoms. The van der Waals surface area contributed by atoms with Crippen LogP contribution in [0.5, 0.6) is 17.2 Å². The van der Waals surface area contributed by atoms with Crippen LogP contribution in [-0.2, 0) is 6.61 Å². The molecule has 0 aromatic heterocycles. The molecule has 2 aliphatic heterocycles. The lowest BCUT2D eigenvalue weighted by atomic mass is 9.96. The second-order valence-corrected chi connectivity index (χ2v) is 9.30. The predicted molar refractivity (Wildman–Crippen MR) is 141 cm³/mol. The summed E-state index contributed by atoms with van der Waals surface area (Å²) in [6.07, 6.45) is 0.483. The standard InChI is InChI=1S/C30H25ClN2O3/c1-34-24-14-8-21(9-15-24)27-18-28-26-4-2-3-5-29(26)36-30(33(28)32-27)22-10-16-25(17-11-22)35-19-20-6-12-23(31)13-7-20/h2-17,28,30H,18-19H2,1H3/t28-,30-/m0/s1. The third-order valence-corrected chi connectivity index (χ3v) is 6.86. The summed E-state index contributed by atoms with van der Waals surface area (Å²) in [6, 6.07) is 32.1. The first kappa shape index (κ1) is 22.5. The zero-order chi connectivity index (χ0) is 24.5. The Balaban J connectivity index is 1.25. The summed E-state index contributed by atoms with van der Waals surface area (Å²) in [7, 11) is 1.68. The maximum Gasteiger partial charge on any atom is 0.213 e. The van der Waals surface area contributed by atoms with Crippen LogP contribution in [0.4, 0.5) is 0 Å². The van der Waals surface area contributed by atoms with Gasteiger partial charge in [-0.05, 0) is 77.9 Å². The van der Waals surface area contributed by atoms with Crippen LogP contribution in [0.1, 0.15) is 40.9 Å². The van der Waals surface area contributed by atoms with E-state index in [0.717, 1.165) is 56.7 Å². The van der Waals surface area contributed by atoms with Crippen LogP contribution in [0.25, 0.3) is 0 Å². The highest BCUT2D eigenvalue weighted by molar-refractivity contribution is 6.30. The van der Waals surface area contributed by atoms with E-state index in [1.54, 1.807) is 7.11 Å². The Morgan fingerprint density at radius 3 is 2.36 bits per heavy atom. The van der Waals surface area contributed by atoms with E-state index in [-0.39, 0.29) is 12.3 Å². The Morgan fingerprint density at radius 1 is 0.889 bits per heavy atom. The molecule has 6 rings (SSSR count). The van der Waals surface area contributed by atoms with Crippen molar-refractivity contribution < 1.29 is 14.2 Å². The Labute approximate surface area is 215 Å². The lowest BCUT2D eigenvalue weighted by Gasteiger charge is -2.38. The van der Waals surface area contributed by atoms with Crippen molar-refractivity contribution in [3.05, 3.63) is 124 Å². The van der Waals surface area contributed by atoms with E-state index in [4.69, 9.17) is 30.9 Å². The Kier molecular flexibility index (Phi) is 5.99. The first-order chi connectivity index (χ1) is 17.7. The van der Waals surface area contributed by atoms with Crippen LogP contribution in [0.2, 0.25) is 5.02 Å². The fraction of sp³-hybridized carbons (Fsp3) is 0.167. The molecule has 2 aliphatic rings. The maximum atomic E-state index is 6.48. The van der Waals surface area contributed by atoms with Crippen molar-refractivity contribution >= 4 is 17.3 Å². The van der Waals surface area contributed by atoms with Gasteiger partial charge in [-0.25, -0.2) is 5.01 Å². The van der Waals surface area contributed by atoms with Crippen LogP contribution >= 0.6 is 11.6 Å². The van der Waals surface area contributed by atoms with E-state index in [9.17, 15) is 0 Å². The summed E-state index contributed by atoms with van der Waals surface area (Å²) < 4.78 is 17.8. The number of ether oxygens (including phenoxy) is 3. The van der Waals surface area contributed by atoms with Crippen molar-refractivity contribution in [3.8, 4) is 17.2 Å². The Bertz CT molecular complexity index is 1390. The molecule has 180 valence electrons. The van der Waals surface area contributed by atoms with Crippen molar-refractivity contribution in [2.24, 2.45) is 5.10 Å². The SMILES string of the molecule is COc1ccc(C2=NN3[C@@H](C2)c2ccccc2O[C@H]3c2ccc(OCc3ccc(Cl)cc3)cc2)cc1. The zero-order valence-electron chi connectivity index (χ0n) is 19.8. The number of rotatable bonds is 6. The summed E-state index contributed by atoms with van der Waals surface area (Å²) in [4.78, 5) is 0. The number of benzene rings is 4. The highest BCUT2D eigenvalue weighted by atomic mass is 35.5. The van der Waals surface area contributed by atoms with E-state index in [2.05, 4.69) is 29.3 Å². The molecule has 4 aromatic rings. The number of hydrazone groups is 1. The second kappa shape index (κ2) is 9.59. The number of hydrogen-bond donors (Lipinski definition) is 0. The number of para-hydroxylation sites is 1. The van der Waals surface area contributed by atoms with Crippen molar-refractivity contribution in [2.45, 2.75) is 25.3 Å². The van der Waals surface area contributed by atoms with Crippen LogP contribution in [0, 0.1) is 0 Å². The van der Waals surface area contributed by atoms with Gasteiger partial charge >= 0.3 is 0 Å². The molecule has 0 fully saturated rings. The van der Waals surface area contributed by atoms with E-state index in [1.165, 1.54) is 0 Å². The molecule has 0 spiro atoms. The monoisotopic (exact) mass is 496 g/mol. The van der Waals surface area contributed by atoms with Gasteiger partial charge in [0.05, 0.1) is 18.9 Å². The average Bonchev–Trinajstić information content (AvgIpc) is 3.39. The first-order valence-corrected chi connectivity index (χ1v) is 12.3. The molecule has 0 radical (unpaired) electrons. The molecule has 0 aliphatic carbocycles. The van der Waals surface area contributed by atoms with E-state index in [0.29, 0.717) is 6.61 Å². The molecule has 0 bridgehead atoms. The molecule has 0 N–H and O–H groups in total. The molecule has 6 heteroatoms. The average molecular weight is 497 g/mol. The smallest absolute Gasteiger partial charge is 0.213 e. The van der Waals surface area contributed by atoms with E-state index in [1.807, 2.05) is 72.8 Å². The molecule has 0 unspecified atom stereocenters. The third kappa shape index (κ3) is 4.38. The molecule has 4 aromatic carbocycles. The fourth-order valence-corrected chi connectivity index (χ4v) is 4.81. The van der Waals surface area contributed by atoms with Crippen LogP contribution < -0.4 is 14.2 Å². The van der Waals surface area contributed by atoms with Crippen LogP contribution in [0.15, 0.2) is 102 Å². The van der Waals surface area contributed by atoms with Gasteiger partial charge in [0.1, 0.15) is 23.9 Å². The normalized spacial score (nSPS) is 18.1. The summed E-state index contributed by atoms with van der Waals surface area (Å²) >= 11 is 5.98. The minimum atomic E-state index is -0.328. The molecular weight excluding hydrogens is 472 g/mol. The van der Waals surface area contributed by atoms with Gasteiger partial charge in [0.15, 0.2) is 0 Å². The molecule has 5 nitrogen and oxygen atoms in total. The molecule has 0 amide bonds. The van der Waals surface area contributed by atoms with Gasteiger partial charge in [0.2, 0.25) is 6.23 Å². The molecule has 2 atom stereocenters. The lowest BCUT2D eigenvalue weighted by Crippen LogP contribution is -2.33. The van der Waals surface area contributed by atoms with Crippen LogP contribution in [0.3, 0.4) is 0 Å².